The second-order valence-electron chi connectivity index (χ2n) is 7.13. The molecule has 0 aliphatic carbocycles. The average molecular weight is 486 g/mol. The fraction of sp³-hybridized carbons (Fsp3) is 0.167. The van der Waals surface area contributed by atoms with E-state index in [1.54, 1.807) is 59.3 Å². The lowest BCUT2D eigenvalue weighted by atomic mass is 10.1. The quantitative estimate of drug-likeness (QED) is 0.396. The van der Waals surface area contributed by atoms with Gasteiger partial charge in [-0.1, -0.05) is 47.5 Å². The van der Waals surface area contributed by atoms with Gasteiger partial charge in [0.25, 0.3) is 11.8 Å². The molecule has 7 nitrogen and oxygen atoms in total. The zero-order chi connectivity index (χ0) is 24.0. The van der Waals surface area contributed by atoms with Gasteiger partial charge in [-0.3, -0.25) is 19.6 Å². The van der Waals surface area contributed by atoms with Crippen LogP contribution in [0.1, 0.15) is 32.9 Å². The predicted octanol–water partition coefficient (Wildman–Crippen LogP) is 4.37. The monoisotopic (exact) mass is 485 g/mol. The number of benzene rings is 2. The van der Waals surface area contributed by atoms with E-state index < -0.39 is 24.4 Å². The maximum absolute atomic E-state index is 12.1. The molecule has 0 saturated heterocycles. The second kappa shape index (κ2) is 10.9. The first-order valence-corrected chi connectivity index (χ1v) is 10.7. The Morgan fingerprint density at radius 3 is 2.36 bits per heavy atom. The Morgan fingerprint density at radius 1 is 1.03 bits per heavy atom. The van der Waals surface area contributed by atoms with Crippen LogP contribution in [0.25, 0.3) is 6.08 Å². The molecule has 9 heteroatoms. The number of rotatable bonds is 7. The minimum atomic E-state index is -0.724. The maximum atomic E-state index is 12.1. The number of nitrogens with one attached hydrogen (secondary N) is 1. The minimum absolute atomic E-state index is 0.332. The second-order valence-corrected chi connectivity index (χ2v) is 7.94. The van der Waals surface area contributed by atoms with E-state index >= 15 is 0 Å². The molecular weight excluding hydrogens is 465 g/mol. The lowest BCUT2D eigenvalue weighted by Gasteiger charge is -2.09. The van der Waals surface area contributed by atoms with Crippen molar-refractivity contribution in [2.75, 3.05) is 6.61 Å². The third-order valence-electron chi connectivity index (χ3n) is 4.83. The first kappa shape index (κ1) is 24.2. The minimum Gasteiger partial charge on any atom is -0.452 e. The predicted molar refractivity (Wildman–Crippen MR) is 126 cm³/mol. The average Bonchev–Trinajstić information content (AvgIpc) is 3.06. The molecule has 0 aliphatic heterocycles. The van der Waals surface area contributed by atoms with Crippen LogP contribution in [0.5, 0.6) is 0 Å². The van der Waals surface area contributed by atoms with Crippen LogP contribution in [0.2, 0.25) is 10.0 Å². The van der Waals surface area contributed by atoms with Gasteiger partial charge in [0.1, 0.15) is 0 Å². The highest BCUT2D eigenvalue weighted by atomic mass is 35.5. The number of aromatic nitrogens is 2. The van der Waals surface area contributed by atoms with Gasteiger partial charge in [0, 0.05) is 38.5 Å². The van der Waals surface area contributed by atoms with Crippen LogP contribution in [0.15, 0.2) is 54.6 Å². The number of halogens is 2. The molecule has 1 N–H and O–H groups in total. The number of hydrogen-bond acceptors (Lipinski definition) is 5. The number of imide groups is 1. The summed E-state index contributed by atoms with van der Waals surface area (Å²) in [7, 11) is 0. The first-order chi connectivity index (χ1) is 15.8. The van der Waals surface area contributed by atoms with Crippen LogP contribution in [0.3, 0.4) is 0 Å². The highest BCUT2D eigenvalue weighted by Crippen LogP contribution is 2.26. The van der Waals surface area contributed by atoms with Crippen molar-refractivity contribution >= 4 is 47.1 Å². The van der Waals surface area contributed by atoms with Gasteiger partial charge >= 0.3 is 5.97 Å². The molecule has 0 unspecified atom stereocenters. The highest BCUT2D eigenvalue weighted by molar-refractivity contribution is 6.36. The van der Waals surface area contributed by atoms with E-state index in [4.69, 9.17) is 27.9 Å². The van der Waals surface area contributed by atoms with E-state index in [1.165, 1.54) is 6.08 Å². The molecular formula is C24H21Cl2N3O4. The highest BCUT2D eigenvalue weighted by Gasteiger charge is 2.14. The van der Waals surface area contributed by atoms with Crippen molar-refractivity contribution in [2.45, 2.75) is 20.4 Å². The molecule has 0 fully saturated rings. The summed E-state index contributed by atoms with van der Waals surface area (Å²) < 4.78 is 6.67. The number of carbonyl (C=O) groups excluding carboxylic acids is 3. The van der Waals surface area contributed by atoms with E-state index in [9.17, 15) is 14.4 Å². The summed E-state index contributed by atoms with van der Waals surface area (Å²) in [4.78, 5) is 35.9. The zero-order valence-electron chi connectivity index (χ0n) is 18.0. The molecule has 0 bridgehead atoms. The molecule has 0 aliphatic rings. The fourth-order valence-electron chi connectivity index (χ4n) is 3.10. The van der Waals surface area contributed by atoms with Gasteiger partial charge in [0.15, 0.2) is 6.61 Å². The van der Waals surface area contributed by atoms with E-state index in [-0.39, 0.29) is 0 Å². The lowest BCUT2D eigenvalue weighted by molar-refractivity contribution is -0.143. The summed E-state index contributed by atoms with van der Waals surface area (Å²) >= 11 is 12.5. The first-order valence-electron chi connectivity index (χ1n) is 9.97. The molecule has 1 heterocycles. The number of carbonyl (C=O) groups is 3. The maximum Gasteiger partial charge on any atom is 0.331 e. The molecule has 170 valence electrons. The number of aryl methyl sites for hydroxylation is 1. The summed E-state index contributed by atoms with van der Waals surface area (Å²) in [5.41, 5.74) is 3.32. The Morgan fingerprint density at radius 2 is 1.70 bits per heavy atom. The number of amides is 2. The summed E-state index contributed by atoms with van der Waals surface area (Å²) in [6, 6.07) is 13.5. The van der Waals surface area contributed by atoms with E-state index in [0.717, 1.165) is 16.8 Å². The van der Waals surface area contributed by atoms with Gasteiger partial charge in [-0.25, -0.2) is 4.79 Å². The Kier molecular flexibility index (Phi) is 8.03. The topological polar surface area (TPSA) is 90.3 Å². The molecule has 0 radical (unpaired) electrons. The molecule has 2 aromatic carbocycles. The molecule has 0 saturated carbocycles. The third kappa shape index (κ3) is 6.31. The molecule has 33 heavy (non-hydrogen) atoms. The third-order valence-corrected chi connectivity index (χ3v) is 5.54. The Hall–Kier alpha value is -3.42. The number of hydrogen-bond donors (Lipinski definition) is 1. The van der Waals surface area contributed by atoms with Gasteiger partial charge in [-0.05, 0) is 44.2 Å². The number of ether oxygens (including phenoxy) is 1. The van der Waals surface area contributed by atoms with Crippen molar-refractivity contribution in [1.29, 1.82) is 0 Å². The van der Waals surface area contributed by atoms with Crippen molar-refractivity contribution in [1.82, 2.24) is 15.1 Å². The van der Waals surface area contributed by atoms with Gasteiger partial charge < -0.3 is 4.74 Å². The normalized spacial score (nSPS) is 10.9. The molecule has 0 spiro atoms. The van der Waals surface area contributed by atoms with Gasteiger partial charge in [0.2, 0.25) is 0 Å². The summed E-state index contributed by atoms with van der Waals surface area (Å²) in [6.07, 6.45) is 2.77. The van der Waals surface area contributed by atoms with Crippen LogP contribution in [-0.4, -0.2) is 34.2 Å². The van der Waals surface area contributed by atoms with E-state index in [2.05, 4.69) is 10.4 Å². The van der Waals surface area contributed by atoms with Crippen molar-refractivity contribution in [3.05, 3.63) is 92.7 Å². The summed E-state index contributed by atoms with van der Waals surface area (Å²) in [5, 5.41) is 7.74. The van der Waals surface area contributed by atoms with Crippen LogP contribution >= 0.6 is 23.2 Å². The van der Waals surface area contributed by atoms with E-state index in [1.807, 2.05) is 13.8 Å². The number of nitrogens with zero attached hydrogens (tertiary/aromatic N) is 2. The lowest BCUT2D eigenvalue weighted by Crippen LogP contribution is -2.33. The van der Waals surface area contributed by atoms with Crippen molar-refractivity contribution < 1.29 is 19.1 Å². The Bertz CT molecular complexity index is 1200. The molecule has 3 rings (SSSR count). The summed E-state index contributed by atoms with van der Waals surface area (Å²) in [6.45, 7) is 3.47. The summed E-state index contributed by atoms with van der Waals surface area (Å²) in [5.74, 6) is -2.01. The number of esters is 1. The van der Waals surface area contributed by atoms with Crippen LogP contribution < -0.4 is 5.32 Å². The van der Waals surface area contributed by atoms with Crippen LogP contribution in [0, 0.1) is 13.8 Å². The Balaban J connectivity index is 1.58. The van der Waals surface area contributed by atoms with Crippen LogP contribution in [0.4, 0.5) is 0 Å². The largest absolute Gasteiger partial charge is 0.452 e. The SMILES string of the molecule is Cc1nn(Cc2c(Cl)cccc2Cl)c(C)c1/C=C/C(=O)OCC(=O)NC(=O)c1ccccc1. The standard InChI is InChI=1S/C24H21Cl2N3O4/c1-15-18(16(2)29(28-15)13-19-20(25)9-6-10-21(19)26)11-12-23(31)33-14-22(30)27-24(32)17-7-4-3-5-8-17/h3-12H,13-14H2,1-2H3,(H,27,30,32)/b12-11+. The van der Waals surface area contributed by atoms with Gasteiger partial charge in [-0.15, -0.1) is 0 Å². The van der Waals surface area contributed by atoms with Crippen molar-refractivity contribution in [3.8, 4) is 0 Å². The zero-order valence-corrected chi connectivity index (χ0v) is 19.5. The van der Waals surface area contributed by atoms with Crippen molar-refractivity contribution in [3.63, 3.8) is 0 Å². The molecule has 3 aromatic rings. The van der Waals surface area contributed by atoms with Gasteiger partial charge in [0.05, 0.1) is 12.2 Å². The fourth-order valence-corrected chi connectivity index (χ4v) is 3.62. The van der Waals surface area contributed by atoms with Crippen LogP contribution in [-0.2, 0) is 20.9 Å². The molecule has 0 atom stereocenters. The molecule has 1 aromatic heterocycles. The van der Waals surface area contributed by atoms with Crippen molar-refractivity contribution in [2.24, 2.45) is 0 Å². The van der Waals surface area contributed by atoms with E-state index in [0.29, 0.717) is 27.8 Å². The Labute approximate surface area is 201 Å². The molecule has 2 amide bonds. The van der Waals surface area contributed by atoms with Gasteiger partial charge in [-0.2, -0.15) is 5.10 Å². The smallest absolute Gasteiger partial charge is 0.331 e.